The number of rotatable bonds is 3. The highest BCUT2D eigenvalue weighted by Crippen LogP contribution is 2.38. The van der Waals surface area contributed by atoms with E-state index in [0.29, 0.717) is 35.9 Å². The predicted molar refractivity (Wildman–Crippen MR) is 92.4 cm³/mol. The lowest BCUT2D eigenvalue weighted by atomic mass is 9.77. The molecular formula is C15H19ClN4O3S. The second-order valence-electron chi connectivity index (χ2n) is 6.22. The number of sulfonamides is 1. The van der Waals surface area contributed by atoms with Gasteiger partial charge in [-0.1, -0.05) is 11.2 Å². The summed E-state index contributed by atoms with van der Waals surface area (Å²) in [6, 6.07) is 7.17. The van der Waals surface area contributed by atoms with Crippen LogP contribution in [-0.4, -0.2) is 30.9 Å². The Morgan fingerprint density at radius 3 is 2.67 bits per heavy atom. The van der Waals surface area contributed by atoms with Crippen molar-refractivity contribution in [3.8, 4) is 11.5 Å². The number of nitrogens with zero attached hydrogens (tertiary/aromatic N) is 3. The largest absolute Gasteiger partial charge is 0.334 e. The molecule has 1 aliphatic heterocycles. The Morgan fingerprint density at radius 1 is 1.25 bits per heavy atom. The van der Waals surface area contributed by atoms with Crippen LogP contribution in [-0.2, 0) is 15.6 Å². The van der Waals surface area contributed by atoms with Crippen molar-refractivity contribution < 1.29 is 12.9 Å². The van der Waals surface area contributed by atoms with E-state index in [1.54, 1.807) is 18.2 Å². The fraction of sp³-hybridized carbons (Fsp3) is 0.467. The van der Waals surface area contributed by atoms with Crippen molar-refractivity contribution in [2.24, 2.45) is 5.73 Å². The molecule has 4 rings (SSSR count). The van der Waals surface area contributed by atoms with Crippen LogP contribution in [0.5, 0.6) is 0 Å². The summed E-state index contributed by atoms with van der Waals surface area (Å²) in [5, 5.41) is 4.00. The van der Waals surface area contributed by atoms with E-state index in [1.165, 1.54) is 4.31 Å². The fourth-order valence-corrected chi connectivity index (χ4v) is 4.60. The summed E-state index contributed by atoms with van der Waals surface area (Å²) in [6.45, 7) is 0.507. The van der Waals surface area contributed by atoms with Crippen molar-refractivity contribution in [2.45, 2.75) is 31.2 Å². The Labute approximate surface area is 146 Å². The van der Waals surface area contributed by atoms with E-state index in [2.05, 4.69) is 10.1 Å². The van der Waals surface area contributed by atoms with Crippen LogP contribution in [0.15, 0.2) is 28.8 Å². The zero-order valence-electron chi connectivity index (χ0n) is 13.0. The van der Waals surface area contributed by atoms with Crippen molar-refractivity contribution >= 4 is 28.1 Å². The Morgan fingerprint density at radius 2 is 2.04 bits per heavy atom. The van der Waals surface area contributed by atoms with Gasteiger partial charge in [-0.15, -0.1) is 12.4 Å². The molecule has 0 spiro atoms. The lowest BCUT2D eigenvalue weighted by molar-refractivity contribution is 0.229. The van der Waals surface area contributed by atoms with Gasteiger partial charge in [-0.05, 0) is 43.9 Å². The molecule has 1 aromatic carbocycles. The van der Waals surface area contributed by atoms with Gasteiger partial charge in [0, 0.05) is 12.1 Å². The highest BCUT2D eigenvalue weighted by Gasteiger charge is 2.39. The standard InChI is InChI=1S/C15H18N4O3S.ClH/c16-15(6-2-7-15)14-17-13(22-18-14)11-4-1-5-12(10-11)19-8-3-9-23(19,20)21;/h1,4-5,10H,2-3,6-9,16H2;1H. The molecule has 0 unspecified atom stereocenters. The Bertz CT molecular complexity index is 848. The van der Waals surface area contributed by atoms with Gasteiger partial charge in [0.15, 0.2) is 5.82 Å². The zero-order chi connectivity index (χ0) is 16.1. The third-order valence-corrected chi connectivity index (χ3v) is 6.47. The van der Waals surface area contributed by atoms with Crippen molar-refractivity contribution in [1.29, 1.82) is 0 Å². The van der Waals surface area contributed by atoms with E-state index < -0.39 is 15.6 Å². The van der Waals surface area contributed by atoms with Crippen molar-refractivity contribution in [3.63, 3.8) is 0 Å². The lowest BCUT2D eigenvalue weighted by Gasteiger charge is -2.34. The smallest absolute Gasteiger partial charge is 0.258 e. The summed E-state index contributed by atoms with van der Waals surface area (Å²) in [7, 11) is -3.21. The first kappa shape index (κ1) is 17.2. The summed E-state index contributed by atoms with van der Waals surface area (Å²) in [5.41, 5.74) is 7.06. The maximum Gasteiger partial charge on any atom is 0.258 e. The molecule has 2 heterocycles. The van der Waals surface area contributed by atoms with Gasteiger partial charge in [-0.3, -0.25) is 4.31 Å². The van der Waals surface area contributed by atoms with Crippen molar-refractivity contribution in [2.75, 3.05) is 16.6 Å². The maximum atomic E-state index is 12.1. The van der Waals surface area contributed by atoms with Crippen LogP contribution >= 0.6 is 12.4 Å². The third kappa shape index (κ3) is 2.78. The average Bonchev–Trinajstić information content (AvgIpc) is 3.11. The van der Waals surface area contributed by atoms with Gasteiger partial charge in [-0.2, -0.15) is 4.98 Å². The summed E-state index contributed by atoms with van der Waals surface area (Å²) in [6.07, 6.45) is 3.44. The Hall–Kier alpha value is -1.64. The van der Waals surface area contributed by atoms with E-state index in [-0.39, 0.29) is 18.2 Å². The molecule has 0 amide bonds. The van der Waals surface area contributed by atoms with Crippen LogP contribution in [0.3, 0.4) is 0 Å². The SMILES string of the molecule is Cl.NC1(c2noc(-c3cccc(N4CCCS4(=O)=O)c3)n2)CCC1. The molecule has 0 bridgehead atoms. The molecule has 0 radical (unpaired) electrons. The maximum absolute atomic E-state index is 12.1. The van der Waals surface area contributed by atoms with E-state index in [0.717, 1.165) is 19.3 Å². The number of benzene rings is 1. The number of nitrogens with two attached hydrogens (primary N) is 1. The number of hydrogen-bond donors (Lipinski definition) is 1. The van der Waals surface area contributed by atoms with Gasteiger partial charge in [0.25, 0.3) is 5.89 Å². The molecule has 1 aliphatic carbocycles. The molecule has 0 atom stereocenters. The van der Waals surface area contributed by atoms with E-state index in [4.69, 9.17) is 10.3 Å². The number of hydrogen-bond acceptors (Lipinski definition) is 6. The molecule has 24 heavy (non-hydrogen) atoms. The monoisotopic (exact) mass is 370 g/mol. The molecule has 1 saturated carbocycles. The van der Waals surface area contributed by atoms with Crippen LogP contribution in [0, 0.1) is 0 Å². The van der Waals surface area contributed by atoms with Crippen LogP contribution in [0.1, 0.15) is 31.5 Å². The molecule has 2 aromatic rings. The molecule has 9 heteroatoms. The van der Waals surface area contributed by atoms with Gasteiger partial charge < -0.3 is 10.3 Å². The zero-order valence-corrected chi connectivity index (χ0v) is 14.6. The van der Waals surface area contributed by atoms with Gasteiger partial charge in [0.05, 0.1) is 17.0 Å². The topological polar surface area (TPSA) is 102 Å². The summed E-state index contributed by atoms with van der Waals surface area (Å²) in [4.78, 5) is 4.41. The normalized spacial score (nSPS) is 21.1. The summed E-state index contributed by atoms with van der Waals surface area (Å²) < 4.78 is 30.9. The number of anilines is 1. The highest BCUT2D eigenvalue weighted by molar-refractivity contribution is 7.93. The number of aromatic nitrogens is 2. The first-order chi connectivity index (χ1) is 11.0. The van der Waals surface area contributed by atoms with E-state index in [9.17, 15) is 8.42 Å². The summed E-state index contributed by atoms with van der Waals surface area (Å²) >= 11 is 0. The predicted octanol–water partition coefficient (Wildman–Crippen LogP) is 2.04. The quantitative estimate of drug-likeness (QED) is 0.886. The molecule has 2 N–H and O–H groups in total. The van der Waals surface area contributed by atoms with Crippen LogP contribution in [0.2, 0.25) is 0 Å². The lowest BCUT2D eigenvalue weighted by Crippen LogP contribution is -2.44. The third-order valence-electron chi connectivity index (χ3n) is 4.60. The molecule has 7 nitrogen and oxygen atoms in total. The Kier molecular flexibility index (Phi) is 4.31. The summed E-state index contributed by atoms with van der Waals surface area (Å²) in [5.74, 6) is 1.09. The number of halogens is 1. The van der Waals surface area contributed by atoms with Crippen LogP contribution in [0.4, 0.5) is 5.69 Å². The first-order valence-electron chi connectivity index (χ1n) is 7.72. The fourth-order valence-electron chi connectivity index (χ4n) is 3.05. The van der Waals surface area contributed by atoms with E-state index >= 15 is 0 Å². The second kappa shape index (κ2) is 6.02. The molecule has 2 aliphatic rings. The van der Waals surface area contributed by atoms with Crippen LogP contribution < -0.4 is 10.0 Å². The van der Waals surface area contributed by atoms with Gasteiger partial charge in [-0.25, -0.2) is 8.42 Å². The van der Waals surface area contributed by atoms with Crippen LogP contribution in [0.25, 0.3) is 11.5 Å². The second-order valence-corrected chi connectivity index (χ2v) is 8.24. The minimum Gasteiger partial charge on any atom is -0.334 e. The van der Waals surface area contributed by atoms with Gasteiger partial charge in [0.2, 0.25) is 10.0 Å². The minimum absolute atomic E-state index is 0. The first-order valence-corrected chi connectivity index (χ1v) is 9.33. The Balaban J connectivity index is 0.00000169. The average molecular weight is 371 g/mol. The van der Waals surface area contributed by atoms with Gasteiger partial charge >= 0.3 is 0 Å². The van der Waals surface area contributed by atoms with E-state index in [1.807, 2.05) is 6.07 Å². The molecular weight excluding hydrogens is 352 g/mol. The molecule has 130 valence electrons. The van der Waals surface area contributed by atoms with Crippen molar-refractivity contribution in [3.05, 3.63) is 30.1 Å². The molecule has 2 fully saturated rings. The molecule has 1 saturated heterocycles. The van der Waals surface area contributed by atoms with Gasteiger partial charge in [0.1, 0.15) is 0 Å². The van der Waals surface area contributed by atoms with Crippen molar-refractivity contribution in [1.82, 2.24) is 10.1 Å². The molecule has 1 aromatic heterocycles. The minimum atomic E-state index is -3.21. The highest BCUT2D eigenvalue weighted by atomic mass is 35.5.